The van der Waals surface area contributed by atoms with Crippen molar-refractivity contribution in [2.45, 2.75) is 4.90 Å². The van der Waals surface area contributed by atoms with Gasteiger partial charge in [-0.15, -0.1) is 0 Å². The van der Waals surface area contributed by atoms with Crippen molar-refractivity contribution in [1.29, 1.82) is 0 Å². The number of rotatable bonds is 3. The van der Waals surface area contributed by atoms with Gasteiger partial charge in [0, 0.05) is 11.4 Å². The molecule has 0 aliphatic carbocycles. The van der Waals surface area contributed by atoms with Crippen LogP contribution in [0.5, 0.6) is 11.5 Å². The summed E-state index contributed by atoms with van der Waals surface area (Å²) in [5, 5.41) is 0.420. The summed E-state index contributed by atoms with van der Waals surface area (Å²) in [6, 6.07) is 4.70. The van der Waals surface area contributed by atoms with Crippen molar-refractivity contribution in [2.75, 3.05) is 24.3 Å². The maximum Gasteiger partial charge on any atom is 0.179 e. The van der Waals surface area contributed by atoms with E-state index in [-0.39, 0.29) is 10.6 Å². The van der Waals surface area contributed by atoms with E-state index in [2.05, 4.69) is 15.9 Å². The molecule has 6 heteroatoms. The van der Waals surface area contributed by atoms with Gasteiger partial charge in [-0.25, -0.2) is 8.42 Å². The lowest BCUT2D eigenvalue weighted by Crippen LogP contribution is -2.16. The van der Waals surface area contributed by atoms with Gasteiger partial charge in [-0.05, 0) is 12.1 Å². The smallest absolute Gasteiger partial charge is 0.179 e. The summed E-state index contributed by atoms with van der Waals surface area (Å²) in [5.74, 6) is 1.18. The zero-order valence-corrected chi connectivity index (χ0v) is 10.9. The van der Waals surface area contributed by atoms with Crippen LogP contribution in [0.15, 0.2) is 23.1 Å². The molecule has 16 heavy (non-hydrogen) atoms. The second-order valence-electron chi connectivity index (χ2n) is 3.31. The number of ether oxygens (including phenoxy) is 2. The quantitative estimate of drug-likeness (QED) is 0.797. The maximum atomic E-state index is 11.8. The van der Waals surface area contributed by atoms with E-state index in [1.165, 1.54) is 6.07 Å². The molecule has 0 fully saturated rings. The molecule has 0 saturated heterocycles. The molecule has 0 spiro atoms. The summed E-state index contributed by atoms with van der Waals surface area (Å²) in [5.41, 5.74) is 0. The Morgan fingerprint density at radius 2 is 1.88 bits per heavy atom. The minimum absolute atomic E-state index is 0.0760. The van der Waals surface area contributed by atoms with Gasteiger partial charge in [-0.3, -0.25) is 0 Å². The van der Waals surface area contributed by atoms with E-state index < -0.39 is 9.84 Å². The highest BCUT2D eigenvalue weighted by molar-refractivity contribution is 9.09. The van der Waals surface area contributed by atoms with E-state index in [0.29, 0.717) is 30.0 Å². The number of benzene rings is 1. The summed E-state index contributed by atoms with van der Waals surface area (Å²) in [4.78, 5) is 0.274. The van der Waals surface area contributed by atoms with Crippen LogP contribution in [-0.2, 0) is 9.84 Å². The van der Waals surface area contributed by atoms with Gasteiger partial charge in [0.2, 0.25) is 0 Å². The average Bonchev–Trinajstić information content (AvgIpc) is 2.28. The van der Waals surface area contributed by atoms with Gasteiger partial charge in [0.05, 0.1) is 10.6 Å². The lowest BCUT2D eigenvalue weighted by molar-refractivity contribution is 0.171. The summed E-state index contributed by atoms with van der Waals surface area (Å²) < 4.78 is 34.2. The third kappa shape index (κ3) is 2.32. The first-order valence-corrected chi connectivity index (χ1v) is 7.59. The largest absolute Gasteiger partial charge is 0.486 e. The highest BCUT2D eigenvalue weighted by Crippen LogP contribution is 2.32. The fourth-order valence-electron chi connectivity index (χ4n) is 1.44. The molecule has 0 radical (unpaired) electrons. The van der Waals surface area contributed by atoms with Gasteiger partial charge < -0.3 is 9.47 Å². The second kappa shape index (κ2) is 4.63. The Hall–Kier alpha value is -0.750. The number of hydrogen-bond acceptors (Lipinski definition) is 4. The highest BCUT2D eigenvalue weighted by Gasteiger charge is 2.18. The maximum absolute atomic E-state index is 11.8. The summed E-state index contributed by atoms with van der Waals surface area (Å²) in [6.07, 6.45) is 0. The molecule has 0 amide bonds. The monoisotopic (exact) mass is 306 g/mol. The molecule has 0 atom stereocenters. The minimum Gasteiger partial charge on any atom is -0.486 e. The SMILES string of the molecule is O=S(=O)(CCBr)c1ccc2c(c1)OCCO2. The Bertz CT molecular complexity index is 484. The van der Waals surface area contributed by atoms with E-state index in [0.717, 1.165) is 0 Å². The molecule has 0 bridgehead atoms. The zero-order valence-electron chi connectivity index (χ0n) is 8.48. The van der Waals surface area contributed by atoms with Gasteiger partial charge in [0.25, 0.3) is 0 Å². The van der Waals surface area contributed by atoms with Gasteiger partial charge in [0.15, 0.2) is 21.3 Å². The van der Waals surface area contributed by atoms with Gasteiger partial charge in [-0.2, -0.15) is 0 Å². The van der Waals surface area contributed by atoms with Crippen molar-refractivity contribution in [3.05, 3.63) is 18.2 Å². The topological polar surface area (TPSA) is 52.6 Å². The van der Waals surface area contributed by atoms with Crippen LogP contribution in [-0.4, -0.2) is 32.7 Å². The molecular formula is C10H11BrO4S. The van der Waals surface area contributed by atoms with Crippen LogP contribution < -0.4 is 9.47 Å². The highest BCUT2D eigenvalue weighted by atomic mass is 79.9. The van der Waals surface area contributed by atoms with Crippen LogP contribution in [0.2, 0.25) is 0 Å². The molecule has 1 aliphatic rings. The number of hydrogen-bond donors (Lipinski definition) is 0. The van der Waals surface area contributed by atoms with Crippen LogP contribution in [0.4, 0.5) is 0 Å². The third-order valence-corrected chi connectivity index (χ3v) is 4.85. The molecule has 2 rings (SSSR count). The number of halogens is 1. The third-order valence-electron chi connectivity index (χ3n) is 2.22. The average molecular weight is 307 g/mol. The van der Waals surface area contributed by atoms with E-state index >= 15 is 0 Å². The van der Waals surface area contributed by atoms with Crippen LogP contribution >= 0.6 is 15.9 Å². The summed E-state index contributed by atoms with van der Waals surface area (Å²) in [7, 11) is -3.23. The summed E-state index contributed by atoms with van der Waals surface area (Å²) in [6.45, 7) is 0.954. The molecular weight excluding hydrogens is 296 g/mol. The van der Waals surface area contributed by atoms with Crippen LogP contribution in [0.25, 0.3) is 0 Å². The van der Waals surface area contributed by atoms with E-state index in [1.54, 1.807) is 12.1 Å². The first-order valence-electron chi connectivity index (χ1n) is 4.82. The Balaban J connectivity index is 2.37. The van der Waals surface area contributed by atoms with Crippen molar-refractivity contribution in [3.63, 3.8) is 0 Å². The van der Waals surface area contributed by atoms with Gasteiger partial charge in [-0.1, -0.05) is 15.9 Å². The molecule has 1 aliphatic heterocycles. The van der Waals surface area contributed by atoms with Crippen LogP contribution in [0.3, 0.4) is 0 Å². The second-order valence-corrected chi connectivity index (χ2v) is 6.22. The standard InChI is InChI=1S/C10H11BrO4S/c11-3-6-16(12,13)8-1-2-9-10(7-8)15-5-4-14-9/h1-2,7H,3-6H2. The Morgan fingerprint density at radius 1 is 1.19 bits per heavy atom. The Labute approximate surface area is 103 Å². The molecule has 0 unspecified atom stereocenters. The molecule has 4 nitrogen and oxygen atoms in total. The van der Waals surface area contributed by atoms with E-state index in [9.17, 15) is 8.42 Å². The molecule has 0 saturated carbocycles. The van der Waals surface area contributed by atoms with Crippen molar-refractivity contribution < 1.29 is 17.9 Å². The number of alkyl halides is 1. The predicted octanol–water partition coefficient (Wildman–Crippen LogP) is 1.63. The van der Waals surface area contributed by atoms with Gasteiger partial charge in [0.1, 0.15) is 13.2 Å². The fraction of sp³-hybridized carbons (Fsp3) is 0.400. The van der Waals surface area contributed by atoms with Crippen molar-refractivity contribution in [1.82, 2.24) is 0 Å². The fourth-order valence-corrected chi connectivity index (χ4v) is 3.72. The Kier molecular flexibility index (Phi) is 3.39. The van der Waals surface area contributed by atoms with E-state index in [1.807, 2.05) is 0 Å². The Morgan fingerprint density at radius 3 is 2.56 bits per heavy atom. The molecule has 1 aromatic carbocycles. The summed E-state index contributed by atoms with van der Waals surface area (Å²) >= 11 is 3.12. The predicted molar refractivity (Wildman–Crippen MR) is 63.3 cm³/mol. The normalized spacial score (nSPS) is 14.8. The van der Waals surface area contributed by atoms with Gasteiger partial charge >= 0.3 is 0 Å². The molecule has 1 aromatic rings. The minimum atomic E-state index is -3.23. The van der Waals surface area contributed by atoms with Crippen LogP contribution in [0, 0.1) is 0 Å². The first kappa shape index (κ1) is 11.7. The lowest BCUT2D eigenvalue weighted by Gasteiger charge is -2.18. The first-order chi connectivity index (χ1) is 7.63. The number of sulfone groups is 1. The van der Waals surface area contributed by atoms with Crippen molar-refractivity contribution in [2.24, 2.45) is 0 Å². The molecule has 0 aromatic heterocycles. The number of fused-ring (bicyclic) bond motifs is 1. The van der Waals surface area contributed by atoms with Crippen molar-refractivity contribution >= 4 is 25.8 Å². The molecule has 0 N–H and O–H groups in total. The molecule has 88 valence electrons. The van der Waals surface area contributed by atoms with E-state index in [4.69, 9.17) is 9.47 Å². The lowest BCUT2D eigenvalue weighted by atomic mass is 10.3. The zero-order chi connectivity index (χ0) is 11.6. The van der Waals surface area contributed by atoms with Crippen LogP contribution in [0.1, 0.15) is 0 Å². The molecule has 1 heterocycles. The van der Waals surface area contributed by atoms with Crippen molar-refractivity contribution in [3.8, 4) is 11.5 Å².